The highest BCUT2D eigenvalue weighted by Gasteiger charge is 2.16. The lowest BCUT2D eigenvalue weighted by Gasteiger charge is -2.14. The zero-order chi connectivity index (χ0) is 23.5. The number of ether oxygens (including phenoxy) is 1. The van der Waals surface area contributed by atoms with Crippen LogP contribution in [-0.4, -0.2) is 13.0 Å². The maximum atomic E-state index is 12.7. The highest BCUT2D eigenvalue weighted by atomic mass is 16.5. The van der Waals surface area contributed by atoms with Crippen LogP contribution in [0, 0.1) is 13.8 Å². The number of rotatable bonds is 6. The summed E-state index contributed by atoms with van der Waals surface area (Å²) >= 11 is 0. The Hall–Kier alpha value is -3.79. The Morgan fingerprint density at radius 1 is 1.03 bits per heavy atom. The minimum Gasteiger partial charge on any atom is -0.496 e. The fourth-order valence-corrected chi connectivity index (χ4v) is 4.21. The first kappa shape index (κ1) is 22.4. The van der Waals surface area contributed by atoms with Crippen molar-refractivity contribution >= 4 is 22.4 Å². The molecule has 1 amide bonds. The smallest absolute Gasteiger partial charge is 0.244 e. The van der Waals surface area contributed by atoms with E-state index in [0.717, 1.165) is 38.8 Å². The Balaban J connectivity index is 1.69. The van der Waals surface area contributed by atoms with E-state index < -0.39 is 0 Å². The van der Waals surface area contributed by atoms with Crippen molar-refractivity contribution < 1.29 is 13.9 Å². The summed E-state index contributed by atoms with van der Waals surface area (Å²) in [5.74, 6) is 0.523. The average Bonchev–Trinajstić information content (AvgIpc) is 3.21. The van der Waals surface area contributed by atoms with Gasteiger partial charge in [0.1, 0.15) is 11.3 Å². The van der Waals surface area contributed by atoms with Crippen LogP contribution in [-0.2, 0) is 4.79 Å². The predicted molar refractivity (Wildman–Crippen MR) is 134 cm³/mol. The Bertz CT molecular complexity index is 1330. The van der Waals surface area contributed by atoms with E-state index in [2.05, 4.69) is 37.4 Å². The number of amides is 1. The van der Waals surface area contributed by atoms with Crippen LogP contribution in [0.15, 0.2) is 77.4 Å². The summed E-state index contributed by atoms with van der Waals surface area (Å²) in [5, 5.41) is 4.03. The summed E-state index contributed by atoms with van der Waals surface area (Å²) in [6, 6.07) is 20.2. The summed E-state index contributed by atoms with van der Waals surface area (Å²) in [5.41, 5.74) is 8.07. The maximum Gasteiger partial charge on any atom is 0.244 e. The number of hydrogen-bond donors (Lipinski definition) is 1. The molecule has 0 aliphatic carbocycles. The van der Waals surface area contributed by atoms with E-state index in [0.29, 0.717) is 5.75 Å². The van der Waals surface area contributed by atoms with E-state index >= 15 is 0 Å². The molecule has 0 aliphatic heterocycles. The summed E-state index contributed by atoms with van der Waals surface area (Å²) in [6.45, 7) is 8.10. The van der Waals surface area contributed by atoms with Crippen molar-refractivity contribution in [1.29, 1.82) is 0 Å². The van der Waals surface area contributed by atoms with Gasteiger partial charge >= 0.3 is 0 Å². The molecule has 1 N–H and O–H groups in total. The molecule has 0 aliphatic rings. The summed E-state index contributed by atoms with van der Waals surface area (Å²) in [6.07, 6.45) is 3.42. The fourth-order valence-electron chi connectivity index (χ4n) is 4.21. The molecule has 0 spiro atoms. The first-order chi connectivity index (χ1) is 15.9. The second-order valence-corrected chi connectivity index (χ2v) is 8.48. The van der Waals surface area contributed by atoms with Crippen LogP contribution >= 0.6 is 0 Å². The molecule has 0 saturated carbocycles. The Labute approximate surface area is 194 Å². The third-order valence-electron chi connectivity index (χ3n) is 6.00. The second kappa shape index (κ2) is 9.37. The number of allylic oxidation sites excluding steroid dienone is 1. The number of furan rings is 1. The van der Waals surface area contributed by atoms with E-state index in [9.17, 15) is 4.79 Å². The summed E-state index contributed by atoms with van der Waals surface area (Å²) in [4.78, 5) is 12.7. The van der Waals surface area contributed by atoms with Gasteiger partial charge in [0, 0.05) is 28.7 Å². The number of fused-ring (bicyclic) bond motifs is 1. The predicted octanol–water partition coefficient (Wildman–Crippen LogP) is 7.01. The lowest BCUT2D eigenvalue weighted by molar-refractivity contribution is -0.117. The topological polar surface area (TPSA) is 51.5 Å². The molecular weight excluding hydrogens is 410 g/mol. The largest absolute Gasteiger partial charge is 0.496 e. The molecule has 0 fully saturated rings. The molecule has 33 heavy (non-hydrogen) atoms. The number of benzene rings is 3. The lowest BCUT2D eigenvalue weighted by Crippen LogP contribution is -2.24. The minimum absolute atomic E-state index is 0.0860. The standard InChI is InChI=1S/C29H29NO3/c1-18-11-12-23(19(2)13-18)26-17-33-28-16-27(32-5)24(15-25(26)28)20(3)14-29(31)30-21(4)22-9-7-6-8-10-22/h6-17,21H,1-5H3,(H,30,31)/b20-14+. The van der Waals surface area contributed by atoms with Crippen LogP contribution in [0.2, 0.25) is 0 Å². The van der Waals surface area contributed by atoms with Crippen molar-refractivity contribution in [2.45, 2.75) is 33.7 Å². The third-order valence-corrected chi connectivity index (χ3v) is 6.00. The zero-order valence-electron chi connectivity index (χ0n) is 19.7. The molecule has 1 unspecified atom stereocenters. The van der Waals surface area contributed by atoms with Gasteiger partial charge in [-0.2, -0.15) is 0 Å². The van der Waals surface area contributed by atoms with Gasteiger partial charge in [0.15, 0.2) is 0 Å². The van der Waals surface area contributed by atoms with Crippen LogP contribution in [0.1, 0.15) is 42.1 Å². The van der Waals surface area contributed by atoms with Gasteiger partial charge in [-0.1, -0.05) is 54.1 Å². The molecule has 0 radical (unpaired) electrons. The molecule has 4 nitrogen and oxygen atoms in total. The Kier molecular flexibility index (Phi) is 6.36. The number of carbonyl (C=O) groups excluding carboxylic acids is 1. The molecule has 4 heteroatoms. The quantitative estimate of drug-likeness (QED) is 0.329. The van der Waals surface area contributed by atoms with Crippen molar-refractivity contribution in [2.24, 2.45) is 0 Å². The molecule has 3 aromatic carbocycles. The van der Waals surface area contributed by atoms with Crippen LogP contribution in [0.25, 0.3) is 27.7 Å². The van der Waals surface area contributed by atoms with Gasteiger partial charge in [0.25, 0.3) is 0 Å². The van der Waals surface area contributed by atoms with Gasteiger partial charge < -0.3 is 14.5 Å². The lowest BCUT2D eigenvalue weighted by atomic mass is 9.96. The van der Waals surface area contributed by atoms with Gasteiger partial charge in [0.2, 0.25) is 5.91 Å². The van der Waals surface area contributed by atoms with Crippen LogP contribution < -0.4 is 10.1 Å². The number of carbonyl (C=O) groups is 1. The van der Waals surface area contributed by atoms with E-state index in [4.69, 9.17) is 9.15 Å². The SMILES string of the molecule is COc1cc2occ(-c3ccc(C)cc3C)c2cc1/C(C)=C/C(=O)NC(C)c1ccccc1. The van der Waals surface area contributed by atoms with E-state index in [-0.39, 0.29) is 11.9 Å². The van der Waals surface area contributed by atoms with Gasteiger partial charge in [-0.05, 0) is 56.0 Å². The molecule has 4 aromatic rings. The molecule has 168 valence electrons. The first-order valence-electron chi connectivity index (χ1n) is 11.1. The molecule has 0 bridgehead atoms. The zero-order valence-corrected chi connectivity index (χ0v) is 19.7. The molecule has 1 atom stereocenters. The summed E-state index contributed by atoms with van der Waals surface area (Å²) < 4.78 is 11.5. The van der Waals surface area contributed by atoms with Crippen LogP contribution in [0.3, 0.4) is 0 Å². The molecule has 1 heterocycles. The van der Waals surface area contributed by atoms with Crippen molar-refractivity contribution in [2.75, 3.05) is 7.11 Å². The number of aryl methyl sites for hydroxylation is 2. The van der Waals surface area contributed by atoms with Crippen LogP contribution in [0.5, 0.6) is 5.75 Å². The minimum atomic E-state index is -0.146. The Morgan fingerprint density at radius 3 is 2.48 bits per heavy atom. The number of nitrogens with one attached hydrogen (secondary N) is 1. The fraction of sp³-hybridized carbons (Fsp3) is 0.207. The van der Waals surface area contributed by atoms with Crippen molar-refractivity contribution in [1.82, 2.24) is 5.32 Å². The van der Waals surface area contributed by atoms with E-state index in [1.54, 1.807) is 19.4 Å². The second-order valence-electron chi connectivity index (χ2n) is 8.48. The highest BCUT2D eigenvalue weighted by Crippen LogP contribution is 2.38. The van der Waals surface area contributed by atoms with Crippen LogP contribution in [0.4, 0.5) is 0 Å². The maximum absolute atomic E-state index is 12.7. The Morgan fingerprint density at radius 2 is 1.79 bits per heavy atom. The van der Waals surface area contributed by atoms with Crippen molar-refractivity contribution in [3.8, 4) is 16.9 Å². The van der Waals surface area contributed by atoms with Crippen molar-refractivity contribution in [3.05, 3.63) is 95.3 Å². The average molecular weight is 440 g/mol. The monoisotopic (exact) mass is 439 g/mol. The van der Waals surface area contributed by atoms with Gasteiger partial charge in [-0.3, -0.25) is 4.79 Å². The molecule has 1 aromatic heterocycles. The van der Waals surface area contributed by atoms with Crippen molar-refractivity contribution in [3.63, 3.8) is 0 Å². The third kappa shape index (κ3) is 4.70. The summed E-state index contributed by atoms with van der Waals surface area (Å²) in [7, 11) is 1.63. The van der Waals surface area contributed by atoms with Gasteiger partial charge in [-0.25, -0.2) is 0 Å². The van der Waals surface area contributed by atoms with Gasteiger partial charge in [0.05, 0.1) is 19.4 Å². The number of methoxy groups -OCH3 is 1. The molecule has 0 saturated heterocycles. The van der Waals surface area contributed by atoms with E-state index in [1.165, 1.54) is 11.1 Å². The van der Waals surface area contributed by atoms with E-state index in [1.807, 2.05) is 56.3 Å². The van der Waals surface area contributed by atoms with Gasteiger partial charge in [-0.15, -0.1) is 0 Å². The number of hydrogen-bond acceptors (Lipinski definition) is 3. The normalized spacial score (nSPS) is 12.6. The first-order valence-corrected chi connectivity index (χ1v) is 11.1. The highest BCUT2D eigenvalue weighted by molar-refractivity contribution is 6.00. The molecule has 4 rings (SSSR count). The molecular formula is C29H29NO3.